The average Bonchev–Trinajstić information content (AvgIpc) is 2.58. The normalized spacial score (nSPS) is 20.1. The molecule has 1 aliphatic rings. The highest BCUT2D eigenvalue weighted by Gasteiger charge is 2.39. The van der Waals surface area contributed by atoms with E-state index in [2.05, 4.69) is 23.8 Å². The van der Waals surface area contributed by atoms with Crippen LogP contribution in [-0.4, -0.2) is 36.6 Å². The molecule has 1 atom stereocenters. The molecule has 1 rings (SSSR count). The summed E-state index contributed by atoms with van der Waals surface area (Å²) in [7, 11) is 0. The Bertz CT molecular complexity index is 598. The number of halogens is 5. The summed E-state index contributed by atoms with van der Waals surface area (Å²) in [6.45, 7) is 8.42. The second-order valence-electron chi connectivity index (χ2n) is 6.34. The average molecular weight is 392 g/mol. The fourth-order valence-corrected chi connectivity index (χ4v) is 2.92. The minimum absolute atomic E-state index is 0.0705. The maximum absolute atomic E-state index is 13.4. The van der Waals surface area contributed by atoms with Crippen LogP contribution in [0, 0.1) is 0 Å². The molecule has 2 N–H and O–H groups in total. The third-order valence-electron chi connectivity index (χ3n) is 4.27. The summed E-state index contributed by atoms with van der Waals surface area (Å²) in [5.41, 5.74) is -1.33. The van der Waals surface area contributed by atoms with Crippen molar-refractivity contribution in [2.75, 3.05) is 6.54 Å². The van der Waals surface area contributed by atoms with Gasteiger partial charge >= 0.3 is 6.18 Å². The lowest BCUT2D eigenvalue weighted by atomic mass is 9.91. The Morgan fingerprint density at radius 2 is 1.85 bits per heavy atom. The van der Waals surface area contributed by atoms with Crippen molar-refractivity contribution in [2.45, 2.75) is 56.8 Å². The van der Waals surface area contributed by atoms with Gasteiger partial charge in [-0.1, -0.05) is 30.9 Å². The van der Waals surface area contributed by atoms with Gasteiger partial charge in [-0.15, -0.1) is 6.58 Å². The lowest BCUT2D eigenvalue weighted by molar-refractivity contribution is -0.124. The van der Waals surface area contributed by atoms with Crippen LogP contribution in [0.2, 0.25) is 0 Å². The SMILES string of the molecule is C=CCNC(C(=O)NC1CCC(F)(F)CC1)/C(C=C)=C(/C=C\C)C(F)(F)F. The zero-order chi connectivity index (χ0) is 20.7. The second-order valence-corrected chi connectivity index (χ2v) is 6.34. The number of allylic oxidation sites excluding steroid dienone is 3. The summed E-state index contributed by atoms with van der Waals surface area (Å²) >= 11 is 0. The number of carbonyl (C=O) groups is 1. The minimum atomic E-state index is -4.68. The number of amides is 1. The maximum Gasteiger partial charge on any atom is 0.416 e. The molecule has 0 bridgehead atoms. The number of hydrogen-bond donors (Lipinski definition) is 2. The van der Waals surface area contributed by atoms with E-state index in [4.69, 9.17) is 0 Å². The highest BCUT2D eigenvalue weighted by Crippen LogP contribution is 2.34. The molecule has 0 radical (unpaired) electrons. The topological polar surface area (TPSA) is 41.1 Å². The van der Waals surface area contributed by atoms with Crippen LogP contribution in [0.5, 0.6) is 0 Å². The molecule has 0 aromatic rings. The zero-order valence-corrected chi connectivity index (χ0v) is 15.2. The van der Waals surface area contributed by atoms with E-state index in [-0.39, 0.29) is 37.8 Å². The number of nitrogens with one attached hydrogen (secondary N) is 2. The molecule has 27 heavy (non-hydrogen) atoms. The Balaban J connectivity index is 3.12. The molecule has 8 heteroatoms. The molecule has 1 unspecified atom stereocenters. The first-order valence-corrected chi connectivity index (χ1v) is 8.64. The monoisotopic (exact) mass is 392 g/mol. The smallest absolute Gasteiger partial charge is 0.352 e. The van der Waals surface area contributed by atoms with Gasteiger partial charge in [0.05, 0.1) is 5.57 Å². The van der Waals surface area contributed by atoms with Crippen molar-refractivity contribution in [3.8, 4) is 0 Å². The van der Waals surface area contributed by atoms with Gasteiger partial charge in [0.15, 0.2) is 0 Å². The molecule has 0 aromatic heterocycles. The molecule has 1 aliphatic carbocycles. The molecule has 1 amide bonds. The van der Waals surface area contributed by atoms with Gasteiger partial charge in [0, 0.05) is 25.4 Å². The van der Waals surface area contributed by atoms with E-state index in [1.54, 1.807) is 0 Å². The Labute approximate surface area is 156 Å². The van der Waals surface area contributed by atoms with Gasteiger partial charge in [-0.05, 0) is 25.3 Å². The van der Waals surface area contributed by atoms with E-state index in [9.17, 15) is 26.7 Å². The molecule has 0 aliphatic heterocycles. The van der Waals surface area contributed by atoms with Gasteiger partial charge in [0.2, 0.25) is 11.8 Å². The van der Waals surface area contributed by atoms with Crippen LogP contribution in [0.15, 0.2) is 48.6 Å². The molecule has 152 valence electrons. The Kier molecular flexibility index (Phi) is 8.40. The zero-order valence-electron chi connectivity index (χ0n) is 15.2. The Morgan fingerprint density at radius 3 is 2.30 bits per heavy atom. The van der Waals surface area contributed by atoms with Crippen LogP contribution < -0.4 is 10.6 Å². The molecule has 1 fully saturated rings. The number of alkyl halides is 5. The van der Waals surface area contributed by atoms with Gasteiger partial charge in [-0.25, -0.2) is 8.78 Å². The van der Waals surface area contributed by atoms with Gasteiger partial charge in [0.25, 0.3) is 0 Å². The maximum atomic E-state index is 13.4. The predicted molar refractivity (Wildman–Crippen MR) is 95.4 cm³/mol. The van der Waals surface area contributed by atoms with E-state index in [1.807, 2.05) is 0 Å². The van der Waals surface area contributed by atoms with E-state index in [0.717, 1.165) is 12.2 Å². The molecular weight excluding hydrogens is 367 g/mol. The fourth-order valence-electron chi connectivity index (χ4n) is 2.92. The lowest BCUT2D eigenvalue weighted by Gasteiger charge is -2.30. The number of carbonyl (C=O) groups excluding carboxylic acids is 1. The van der Waals surface area contributed by atoms with E-state index < -0.39 is 35.7 Å². The summed E-state index contributed by atoms with van der Waals surface area (Å²) in [4.78, 5) is 12.6. The van der Waals surface area contributed by atoms with Gasteiger partial charge in [-0.2, -0.15) is 13.2 Å². The summed E-state index contributed by atoms with van der Waals surface area (Å²) < 4.78 is 66.8. The molecule has 0 saturated heterocycles. The molecular formula is C19H25F5N2O. The Hall–Kier alpha value is -1.96. The van der Waals surface area contributed by atoms with E-state index >= 15 is 0 Å². The van der Waals surface area contributed by atoms with Crippen LogP contribution >= 0.6 is 0 Å². The quantitative estimate of drug-likeness (QED) is 0.364. The minimum Gasteiger partial charge on any atom is -0.352 e. The molecule has 3 nitrogen and oxygen atoms in total. The van der Waals surface area contributed by atoms with Crippen molar-refractivity contribution in [3.05, 3.63) is 48.6 Å². The third-order valence-corrected chi connectivity index (χ3v) is 4.27. The highest BCUT2D eigenvalue weighted by molar-refractivity contribution is 5.86. The van der Waals surface area contributed by atoms with Crippen molar-refractivity contribution in [1.29, 1.82) is 0 Å². The van der Waals surface area contributed by atoms with Crippen LogP contribution in [0.4, 0.5) is 22.0 Å². The summed E-state index contributed by atoms with van der Waals surface area (Å²) in [6.07, 6.45) is -0.785. The van der Waals surface area contributed by atoms with Crippen molar-refractivity contribution in [3.63, 3.8) is 0 Å². The highest BCUT2D eigenvalue weighted by atomic mass is 19.4. The summed E-state index contributed by atoms with van der Waals surface area (Å²) in [6, 6.07) is -1.84. The van der Waals surface area contributed by atoms with Crippen LogP contribution in [0.25, 0.3) is 0 Å². The first-order chi connectivity index (χ1) is 12.6. The van der Waals surface area contributed by atoms with E-state index in [1.165, 1.54) is 19.1 Å². The number of rotatable bonds is 8. The predicted octanol–water partition coefficient (Wildman–Crippen LogP) is 4.45. The lowest BCUT2D eigenvalue weighted by Crippen LogP contribution is -2.50. The van der Waals surface area contributed by atoms with Gasteiger partial charge in [0.1, 0.15) is 6.04 Å². The van der Waals surface area contributed by atoms with Crippen molar-refractivity contribution in [2.24, 2.45) is 0 Å². The molecule has 0 aromatic carbocycles. The van der Waals surface area contributed by atoms with Gasteiger partial charge in [-0.3, -0.25) is 10.1 Å². The molecule has 1 saturated carbocycles. The van der Waals surface area contributed by atoms with Crippen LogP contribution in [-0.2, 0) is 4.79 Å². The van der Waals surface area contributed by atoms with Crippen molar-refractivity contribution in [1.82, 2.24) is 10.6 Å². The van der Waals surface area contributed by atoms with Crippen molar-refractivity contribution < 1.29 is 26.7 Å². The first-order valence-electron chi connectivity index (χ1n) is 8.64. The Morgan fingerprint density at radius 1 is 1.26 bits per heavy atom. The van der Waals surface area contributed by atoms with Crippen LogP contribution in [0.1, 0.15) is 32.6 Å². The summed E-state index contributed by atoms with van der Waals surface area (Å²) in [5, 5.41) is 5.28. The number of hydrogen-bond acceptors (Lipinski definition) is 2. The van der Waals surface area contributed by atoms with Gasteiger partial charge < -0.3 is 5.32 Å². The first kappa shape index (κ1) is 23.1. The van der Waals surface area contributed by atoms with Crippen molar-refractivity contribution >= 4 is 5.91 Å². The molecule has 0 heterocycles. The third kappa shape index (κ3) is 6.93. The summed E-state index contributed by atoms with van der Waals surface area (Å²) in [5.74, 6) is -3.48. The largest absolute Gasteiger partial charge is 0.416 e. The molecule has 0 spiro atoms. The standard InChI is InChI=1S/C19H25F5N2O/c1-4-7-15(19(22,23)24)14(6-3)16(25-12-5-2)17(27)26-13-8-10-18(20,21)11-9-13/h4-7,13,16,25H,2-3,8-12H2,1H3,(H,26,27)/b7-4-,15-14-. The van der Waals surface area contributed by atoms with E-state index in [0.29, 0.717) is 0 Å². The second kappa shape index (κ2) is 9.82. The fraction of sp³-hybridized carbons (Fsp3) is 0.526. The van der Waals surface area contributed by atoms with Crippen LogP contribution in [0.3, 0.4) is 0 Å².